The highest BCUT2D eigenvalue weighted by Crippen LogP contribution is 2.04. The molecule has 1 atom stereocenters. The van der Waals surface area contributed by atoms with Crippen LogP contribution in [-0.2, 0) is 9.59 Å². The molecule has 0 saturated heterocycles. The van der Waals surface area contributed by atoms with Crippen LogP contribution < -0.4 is 11.1 Å². The zero-order valence-corrected chi connectivity index (χ0v) is 8.59. The molecule has 0 spiro atoms. The molecule has 1 heterocycles. The highest BCUT2D eigenvalue weighted by molar-refractivity contribution is 5.90. The van der Waals surface area contributed by atoms with Gasteiger partial charge in [-0.2, -0.15) is 0 Å². The van der Waals surface area contributed by atoms with E-state index in [-0.39, 0.29) is 18.7 Å². The van der Waals surface area contributed by atoms with Gasteiger partial charge in [0, 0.05) is 12.6 Å². The molecule has 0 aliphatic rings. The van der Waals surface area contributed by atoms with Gasteiger partial charge in [0.15, 0.2) is 0 Å². The molecular weight excluding hydrogens is 210 g/mol. The van der Waals surface area contributed by atoms with Gasteiger partial charge in [0.25, 0.3) is 0 Å². The fraction of sp³-hybridized carbons (Fsp3) is 0.300. The van der Waals surface area contributed by atoms with Crippen LogP contribution >= 0.6 is 0 Å². The van der Waals surface area contributed by atoms with Gasteiger partial charge in [0.05, 0.1) is 11.9 Å². The third-order valence-electron chi connectivity index (χ3n) is 1.94. The lowest BCUT2D eigenvalue weighted by Crippen LogP contribution is -2.31. The van der Waals surface area contributed by atoms with Crippen LogP contribution in [0.2, 0.25) is 0 Å². The number of aromatic nitrogens is 1. The number of amides is 1. The van der Waals surface area contributed by atoms with Crippen LogP contribution in [0, 0.1) is 0 Å². The quantitative estimate of drug-likeness (QED) is 0.661. The maximum atomic E-state index is 11.4. The topological polar surface area (TPSA) is 105 Å². The summed E-state index contributed by atoms with van der Waals surface area (Å²) < 4.78 is 0. The molecule has 0 aliphatic carbocycles. The van der Waals surface area contributed by atoms with Crippen molar-refractivity contribution in [2.45, 2.75) is 18.9 Å². The van der Waals surface area contributed by atoms with Crippen molar-refractivity contribution in [2.24, 2.45) is 5.73 Å². The van der Waals surface area contributed by atoms with Gasteiger partial charge < -0.3 is 16.2 Å². The number of carbonyl (C=O) groups is 2. The van der Waals surface area contributed by atoms with Crippen molar-refractivity contribution < 1.29 is 14.7 Å². The highest BCUT2D eigenvalue weighted by Gasteiger charge is 2.13. The lowest BCUT2D eigenvalue weighted by Gasteiger charge is -2.06. The number of aliphatic carboxylic acids is 1. The van der Waals surface area contributed by atoms with Gasteiger partial charge in [-0.3, -0.25) is 14.6 Å². The summed E-state index contributed by atoms with van der Waals surface area (Å²) in [6, 6.07) is 2.39. The number of hydrogen-bond acceptors (Lipinski definition) is 4. The van der Waals surface area contributed by atoms with E-state index in [4.69, 9.17) is 10.8 Å². The SMILES string of the molecule is N[C@@H](CCC(=O)Nc1cccnc1)C(=O)O. The standard InChI is InChI=1S/C10H13N3O3/c11-8(10(15)16)3-4-9(14)13-7-2-1-5-12-6-7/h1-2,5-6,8H,3-4,11H2,(H,13,14)(H,15,16)/t8-/m0/s1. The first-order valence-corrected chi connectivity index (χ1v) is 4.78. The number of rotatable bonds is 5. The van der Waals surface area contributed by atoms with Crippen molar-refractivity contribution in [2.75, 3.05) is 5.32 Å². The van der Waals surface area contributed by atoms with Crippen LogP contribution in [0.25, 0.3) is 0 Å². The second-order valence-electron chi connectivity index (χ2n) is 3.27. The van der Waals surface area contributed by atoms with Crippen LogP contribution in [0.5, 0.6) is 0 Å². The smallest absolute Gasteiger partial charge is 0.320 e. The van der Waals surface area contributed by atoms with Gasteiger partial charge in [-0.15, -0.1) is 0 Å². The zero-order chi connectivity index (χ0) is 12.0. The number of carbonyl (C=O) groups excluding carboxylic acids is 1. The lowest BCUT2D eigenvalue weighted by molar-refractivity contribution is -0.138. The third kappa shape index (κ3) is 4.05. The van der Waals surface area contributed by atoms with Crippen molar-refractivity contribution in [3.8, 4) is 0 Å². The number of pyridine rings is 1. The average Bonchev–Trinajstić information content (AvgIpc) is 2.27. The lowest BCUT2D eigenvalue weighted by atomic mass is 10.1. The van der Waals surface area contributed by atoms with Gasteiger partial charge >= 0.3 is 5.97 Å². The van der Waals surface area contributed by atoms with E-state index in [1.54, 1.807) is 18.3 Å². The van der Waals surface area contributed by atoms with Gasteiger partial charge in [-0.05, 0) is 18.6 Å². The molecule has 0 aliphatic heterocycles. The Morgan fingerprint density at radius 1 is 1.56 bits per heavy atom. The predicted octanol–water partition coefficient (Wildman–Crippen LogP) is 0.212. The number of carboxylic acids is 1. The molecular formula is C10H13N3O3. The second-order valence-corrected chi connectivity index (χ2v) is 3.27. The molecule has 86 valence electrons. The number of anilines is 1. The minimum atomic E-state index is -1.10. The van der Waals surface area contributed by atoms with Crippen LogP contribution in [0.15, 0.2) is 24.5 Å². The molecule has 6 heteroatoms. The van der Waals surface area contributed by atoms with Gasteiger partial charge in [0.2, 0.25) is 5.91 Å². The third-order valence-corrected chi connectivity index (χ3v) is 1.94. The largest absolute Gasteiger partial charge is 0.480 e. The monoisotopic (exact) mass is 223 g/mol. The Labute approximate surface area is 92.5 Å². The predicted molar refractivity (Wildman–Crippen MR) is 57.7 cm³/mol. The molecule has 0 aromatic carbocycles. The molecule has 0 unspecified atom stereocenters. The average molecular weight is 223 g/mol. The van der Waals surface area contributed by atoms with E-state index in [9.17, 15) is 9.59 Å². The zero-order valence-electron chi connectivity index (χ0n) is 8.59. The van der Waals surface area contributed by atoms with Crippen LogP contribution in [-0.4, -0.2) is 28.0 Å². The van der Waals surface area contributed by atoms with Crippen molar-refractivity contribution in [3.05, 3.63) is 24.5 Å². The van der Waals surface area contributed by atoms with E-state index in [0.717, 1.165) is 0 Å². The fourth-order valence-electron chi connectivity index (χ4n) is 1.07. The molecule has 6 nitrogen and oxygen atoms in total. The molecule has 1 amide bonds. The summed E-state index contributed by atoms with van der Waals surface area (Å²) in [6.45, 7) is 0. The number of nitrogens with zero attached hydrogens (tertiary/aromatic N) is 1. The number of nitrogens with two attached hydrogens (primary N) is 1. The van der Waals surface area contributed by atoms with Crippen molar-refractivity contribution >= 4 is 17.6 Å². The van der Waals surface area contributed by atoms with E-state index in [1.165, 1.54) is 6.20 Å². The van der Waals surface area contributed by atoms with E-state index >= 15 is 0 Å². The normalized spacial score (nSPS) is 11.8. The number of carboxylic acid groups (broad SMARTS) is 1. The molecule has 16 heavy (non-hydrogen) atoms. The highest BCUT2D eigenvalue weighted by atomic mass is 16.4. The summed E-state index contributed by atoms with van der Waals surface area (Å²) in [6.07, 6.45) is 3.29. The van der Waals surface area contributed by atoms with Crippen LogP contribution in [0.3, 0.4) is 0 Å². The van der Waals surface area contributed by atoms with Crippen LogP contribution in [0.4, 0.5) is 5.69 Å². The summed E-state index contributed by atoms with van der Waals surface area (Å²) in [5, 5.41) is 11.1. The Balaban J connectivity index is 2.35. The second kappa shape index (κ2) is 5.82. The van der Waals surface area contributed by atoms with Crippen LogP contribution in [0.1, 0.15) is 12.8 Å². The molecule has 1 aromatic heterocycles. The number of nitrogens with one attached hydrogen (secondary N) is 1. The first kappa shape index (κ1) is 12.1. The van der Waals surface area contributed by atoms with E-state index in [1.807, 2.05) is 0 Å². The van der Waals surface area contributed by atoms with Gasteiger partial charge in [0.1, 0.15) is 6.04 Å². The first-order chi connectivity index (χ1) is 7.59. The minimum absolute atomic E-state index is 0.0718. The molecule has 0 radical (unpaired) electrons. The molecule has 1 rings (SSSR count). The molecule has 0 fully saturated rings. The summed E-state index contributed by atoms with van der Waals surface area (Å²) >= 11 is 0. The van der Waals surface area contributed by atoms with Gasteiger partial charge in [-0.1, -0.05) is 0 Å². The fourth-order valence-corrected chi connectivity index (χ4v) is 1.07. The first-order valence-electron chi connectivity index (χ1n) is 4.78. The van der Waals surface area contributed by atoms with E-state index in [0.29, 0.717) is 5.69 Å². The maximum absolute atomic E-state index is 11.4. The minimum Gasteiger partial charge on any atom is -0.480 e. The van der Waals surface area contributed by atoms with E-state index < -0.39 is 12.0 Å². The Bertz CT molecular complexity index is 367. The molecule has 0 saturated carbocycles. The van der Waals surface area contributed by atoms with Crippen molar-refractivity contribution in [3.63, 3.8) is 0 Å². The van der Waals surface area contributed by atoms with Crippen molar-refractivity contribution in [1.29, 1.82) is 0 Å². The number of hydrogen-bond donors (Lipinski definition) is 3. The van der Waals surface area contributed by atoms with E-state index in [2.05, 4.69) is 10.3 Å². The Morgan fingerprint density at radius 3 is 2.88 bits per heavy atom. The summed E-state index contributed by atoms with van der Waals surface area (Å²) in [4.78, 5) is 25.6. The van der Waals surface area contributed by atoms with Gasteiger partial charge in [-0.25, -0.2) is 0 Å². The maximum Gasteiger partial charge on any atom is 0.320 e. The molecule has 0 bridgehead atoms. The summed E-state index contributed by atoms with van der Waals surface area (Å²) in [7, 11) is 0. The summed E-state index contributed by atoms with van der Waals surface area (Å²) in [5.74, 6) is -1.38. The Kier molecular flexibility index (Phi) is 4.41. The molecule has 1 aromatic rings. The molecule has 4 N–H and O–H groups in total. The Hall–Kier alpha value is -1.95. The Morgan fingerprint density at radius 2 is 2.31 bits per heavy atom. The summed E-state index contributed by atoms with van der Waals surface area (Å²) in [5.41, 5.74) is 5.85. The van der Waals surface area contributed by atoms with Crippen molar-refractivity contribution in [1.82, 2.24) is 4.98 Å².